The number of halogens is 1. The van der Waals surface area contributed by atoms with E-state index in [1.165, 1.54) is 0 Å². The summed E-state index contributed by atoms with van der Waals surface area (Å²) in [6.45, 7) is 2.13. The number of carbonyl (C=O) groups excluding carboxylic acids is 1. The predicted octanol–water partition coefficient (Wildman–Crippen LogP) is 5.19. The molecule has 0 saturated heterocycles. The van der Waals surface area contributed by atoms with Crippen LogP contribution in [0.25, 0.3) is 17.3 Å². The molecule has 5 heteroatoms. The van der Waals surface area contributed by atoms with Crippen molar-refractivity contribution in [2.45, 2.75) is 19.8 Å². The lowest BCUT2D eigenvalue weighted by Gasteiger charge is -2.08. The summed E-state index contributed by atoms with van der Waals surface area (Å²) in [6, 6.07) is 17.6. The van der Waals surface area contributed by atoms with E-state index in [1.807, 2.05) is 47.1 Å². The summed E-state index contributed by atoms with van der Waals surface area (Å²) < 4.78 is 7.05. The first-order valence-electron chi connectivity index (χ1n) is 8.98. The lowest BCUT2D eigenvalue weighted by atomic mass is 10.1. The van der Waals surface area contributed by atoms with Crippen LogP contribution in [0.1, 0.15) is 40.7 Å². The summed E-state index contributed by atoms with van der Waals surface area (Å²) in [4.78, 5) is 12.4. The summed E-state index contributed by atoms with van der Waals surface area (Å²) >= 11 is 6.03. The smallest absolute Gasteiger partial charge is 0.359 e. The standard InChI is InChI=1S/C22H19ClN2O2/c1-2-27-22(26)20-19-13-8-16(14-15-6-4-3-5-7-15)21(19)25(24-20)18-11-9-17(23)10-12-18/h3-7,9-12,14H,2,8,13H2,1H3/b16-14+. The van der Waals surface area contributed by atoms with Crippen LogP contribution < -0.4 is 0 Å². The lowest BCUT2D eigenvalue weighted by Crippen LogP contribution is -2.09. The van der Waals surface area contributed by atoms with Gasteiger partial charge in [-0.25, -0.2) is 9.48 Å². The zero-order chi connectivity index (χ0) is 18.8. The second-order valence-electron chi connectivity index (χ2n) is 6.36. The van der Waals surface area contributed by atoms with Crippen molar-refractivity contribution in [1.82, 2.24) is 9.78 Å². The van der Waals surface area contributed by atoms with Gasteiger partial charge in [-0.05, 0) is 61.2 Å². The normalized spacial score (nSPS) is 14.4. The van der Waals surface area contributed by atoms with E-state index >= 15 is 0 Å². The van der Waals surface area contributed by atoms with Gasteiger partial charge in [0.05, 0.1) is 18.0 Å². The third-order valence-electron chi connectivity index (χ3n) is 4.61. The van der Waals surface area contributed by atoms with Gasteiger partial charge < -0.3 is 4.74 Å². The van der Waals surface area contributed by atoms with Crippen LogP contribution in [0.3, 0.4) is 0 Å². The molecule has 136 valence electrons. The van der Waals surface area contributed by atoms with E-state index in [1.54, 1.807) is 6.92 Å². The van der Waals surface area contributed by atoms with Gasteiger partial charge >= 0.3 is 5.97 Å². The van der Waals surface area contributed by atoms with Crippen LogP contribution in [0, 0.1) is 0 Å². The molecular weight excluding hydrogens is 360 g/mol. The van der Waals surface area contributed by atoms with Crippen molar-refractivity contribution in [2.24, 2.45) is 0 Å². The molecule has 27 heavy (non-hydrogen) atoms. The maximum Gasteiger partial charge on any atom is 0.359 e. The number of carbonyl (C=O) groups is 1. The number of fused-ring (bicyclic) bond motifs is 1. The van der Waals surface area contributed by atoms with E-state index in [2.05, 4.69) is 23.3 Å². The van der Waals surface area contributed by atoms with Gasteiger partial charge in [-0.15, -0.1) is 0 Å². The van der Waals surface area contributed by atoms with Crippen molar-refractivity contribution in [3.63, 3.8) is 0 Å². The molecule has 2 aromatic carbocycles. The predicted molar refractivity (Wildman–Crippen MR) is 107 cm³/mol. The number of rotatable bonds is 4. The molecule has 1 aliphatic rings. The average Bonchev–Trinajstić information content (AvgIpc) is 3.25. The first-order chi connectivity index (χ1) is 13.2. The Hall–Kier alpha value is -2.85. The number of esters is 1. The molecular formula is C22H19ClN2O2. The van der Waals surface area contributed by atoms with Crippen LogP contribution in [-0.2, 0) is 11.2 Å². The highest BCUT2D eigenvalue weighted by molar-refractivity contribution is 6.30. The highest BCUT2D eigenvalue weighted by Gasteiger charge is 2.30. The number of hydrogen-bond acceptors (Lipinski definition) is 3. The molecule has 0 unspecified atom stereocenters. The van der Waals surface area contributed by atoms with Crippen molar-refractivity contribution in [2.75, 3.05) is 6.61 Å². The molecule has 4 nitrogen and oxygen atoms in total. The Morgan fingerprint density at radius 2 is 1.89 bits per heavy atom. The van der Waals surface area contributed by atoms with Gasteiger partial charge in [0.1, 0.15) is 0 Å². The highest BCUT2D eigenvalue weighted by atomic mass is 35.5. The van der Waals surface area contributed by atoms with Gasteiger partial charge in [0.25, 0.3) is 0 Å². The number of hydrogen-bond donors (Lipinski definition) is 0. The summed E-state index contributed by atoms with van der Waals surface area (Å²) in [5, 5.41) is 5.26. The molecule has 4 rings (SSSR count). The van der Waals surface area contributed by atoms with Gasteiger partial charge in [-0.1, -0.05) is 41.9 Å². The van der Waals surface area contributed by atoms with Crippen LogP contribution in [0.4, 0.5) is 0 Å². The summed E-state index contributed by atoms with van der Waals surface area (Å²) in [5.74, 6) is -0.373. The third-order valence-corrected chi connectivity index (χ3v) is 4.86. The Bertz CT molecular complexity index is 1000. The molecule has 3 aromatic rings. The summed E-state index contributed by atoms with van der Waals surface area (Å²) in [6.07, 6.45) is 3.80. The minimum absolute atomic E-state index is 0.328. The minimum atomic E-state index is -0.373. The molecule has 0 radical (unpaired) electrons. The van der Waals surface area contributed by atoms with Crippen molar-refractivity contribution < 1.29 is 9.53 Å². The topological polar surface area (TPSA) is 44.1 Å². The zero-order valence-corrected chi connectivity index (χ0v) is 15.7. The molecule has 0 aliphatic heterocycles. The van der Waals surface area contributed by atoms with E-state index in [0.29, 0.717) is 17.3 Å². The molecule has 0 N–H and O–H groups in total. The number of ether oxygens (including phenoxy) is 1. The lowest BCUT2D eigenvalue weighted by molar-refractivity contribution is 0.0517. The molecule has 1 aliphatic carbocycles. The molecule has 0 amide bonds. The Morgan fingerprint density at radius 1 is 1.15 bits per heavy atom. The number of nitrogens with zero attached hydrogens (tertiary/aromatic N) is 2. The van der Waals surface area contributed by atoms with E-state index in [0.717, 1.165) is 40.9 Å². The molecule has 0 atom stereocenters. The number of benzene rings is 2. The van der Waals surface area contributed by atoms with Gasteiger partial charge in [-0.3, -0.25) is 0 Å². The fraction of sp³-hybridized carbons (Fsp3) is 0.182. The Morgan fingerprint density at radius 3 is 2.59 bits per heavy atom. The fourth-order valence-electron chi connectivity index (χ4n) is 3.42. The third kappa shape index (κ3) is 3.40. The summed E-state index contributed by atoms with van der Waals surface area (Å²) in [5.41, 5.74) is 5.48. The Kier molecular flexibility index (Phi) is 4.82. The highest BCUT2D eigenvalue weighted by Crippen LogP contribution is 2.37. The van der Waals surface area contributed by atoms with E-state index < -0.39 is 0 Å². The minimum Gasteiger partial charge on any atom is -0.461 e. The van der Waals surface area contributed by atoms with Crippen LogP contribution in [-0.4, -0.2) is 22.4 Å². The number of allylic oxidation sites excluding steroid dienone is 1. The number of aromatic nitrogens is 2. The molecule has 1 heterocycles. The molecule has 0 spiro atoms. The monoisotopic (exact) mass is 378 g/mol. The second-order valence-corrected chi connectivity index (χ2v) is 6.80. The van der Waals surface area contributed by atoms with Gasteiger partial charge in [0.2, 0.25) is 0 Å². The van der Waals surface area contributed by atoms with Crippen LogP contribution in [0.2, 0.25) is 5.02 Å². The molecule has 0 saturated carbocycles. The quantitative estimate of drug-likeness (QED) is 0.587. The maximum absolute atomic E-state index is 12.4. The second kappa shape index (κ2) is 7.41. The Labute approximate surface area is 163 Å². The first-order valence-corrected chi connectivity index (χ1v) is 9.36. The molecule has 0 fully saturated rings. The van der Waals surface area contributed by atoms with Crippen molar-refractivity contribution in [3.05, 3.63) is 82.1 Å². The van der Waals surface area contributed by atoms with E-state index in [9.17, 15) is 4.79 Å². The zero-order valence-electron chi connectivity index (χ0n) is 15.0. The largest absolute Gasteiger partial charge is 0.461 e. The van der Waals surface area contributed by atoms with E-state index in [4.69, 9.17) is 16.3 Å². The van der Waals surface area contributed by atoms with Crippen molar-refractivity contribution in [3.8, 4) is 5.69 Å². The Balaban J connectivity index is 1.86. The van der Waals surface area contributed by atoms with Gasteiger partial charge in [-0.2, -0.15) is 5.10 Å². The van der Waals surface area contributed by atoms with Crippen molar-refractivity contribution >= 4 is 29.2 Å². The van der Waals surface area contributed by atoms with E-state index in [-0.39, 0.29) is 5.97 Å². The van der Waals surface area contributed by atoms with Crippen LogP contribution in [0.5, 0.6) is 0 Å². The molecule has 0 bridgehead atoms. The average molecular weight is 379 g/mol. The maximum atomic E-state index is 12.4. The van der Waals surface area contributed by atoms with Gasteiger partial charge in [0, 0.05) is 10.6 Å². The SMILES string of the molecule is CCOC(=O)c1nn(-c2ccc(Cl)cc2)c2c1CC/C2=C\c1ccccc1. The van der Waals surface area contributed by atoms with Gasteiger partial charge in [0.15, 0.2) is 5.69 Å². The summed E-state index contributed by atoms with van der Waals surface area (Å²) in [7, 11) is 0. The van der Waals surface area contributed by atoms with Crippen molar-refractivity contribution in [1.29, 1.82) is 0 Å². The first kappa shape index (κ1) is 17.6. The molecule has 1 aromatic heterocycles. The fourth-order valence-corrected chi connectivity index (χ4v) is 3.54. The van der Waals surface area contributed by atoms with Crippen LogP contribution >= 0.6 is 11.6 Å². The van der Waals surface area contributed by atoms with Crippen LogP contribution in [0.15, 0.2) is 54.6 Å².